The minimum atomic E-state index is 0.755. The Balaban J connectivity index is 1.76. The number of hydrogen-bond acceptors (Lipinski definition) is 3. The molecule has 1 saturated heterocycles. The van der Waals surface area contributed by atoms with Gasteiger partial charge in [0, 0.05) is 30.9 Å². The third kappa shape index (κ3) is 3.29. The van der Waals surface area contributed by atoms with Crippen LogP contribution in [-0.4, -0.2) is 42.6 Å². The maximum atomic E-state index is 4.36. The van der Waals surface area contributed by atoms with Crippen LogP contribution in [0.4, 0.5) is 0 Å². The summed E-state index contributed by atoms with van der Waals surface area (Å²) in [6.45, 7) is 3.44. The van der Waals surface area contributed by atoms with Crippen LogP contribution in [0, 0.1) is 0 Å². The monoisotopic (exact) mass is 219 g/mol. The fraction of sp³-hybridized carbons (Fsp3) is 0.615. The van der Waals surface area contributed by atoms with Crippen molar-refractivity contribution in [1.82, 2.24) is 15.2 Å². The van der Waals surface area contributed by atoms with E-state index in [-0.39, 0.29) is 0 Å². The van der Waals surface area contributed by atoms with Gasteiger partial charge >= 0.3 is 0 Å². The third-order valence-corrected chi connectivity index (χ3v) is 3.38. The zero-order valence-corrected chi connectivity index (χ0v) is 10.0. The predicted octanol–water partition coefficient (Wildman–Crippen LogP) is 1.31. The molecule has 0 unspecified atom stereocenters. The highest BCUT2D eigenvalue weighted by atomic mass is 15.1. The van der Waals surface area contributed by atoms with Crippen molar-refractivity contribution in [1.29, 1.82) is 0 Å². The molecular formula is C13H21N3. The van der Waals surface area contributed by atoms with Crippen molar-refractivity contribution in [3.8, 4) is 0 Å². The lowest BCUT2D eigenvalue weighted by atomic mass is 10.1. The highest BCUT2D eigenvalue weighted by Gasteiger charge is 2.17. The molecule has 1 N–H and O–H groups in total. The Morgan fingerprint density at radius 1 is 1.38 bits per heavy atom. The normalized spacial score (nSPS) is 17.9. The van der Waals surface area contributed by atoms with Crippen LogP contribution in [0.2, 0.25) is 0 Å². The third-order valence-electron chi connectivity index (χ3n) is 3.38. The number of piperidine rings is 1. The van der Waals surface area contributed by atoms with Crippen molar-refractivity contribution in [3.63, 3.8) is 0 Å². The second-order valence-corrected chi connectivity index (χ2v) is 4.53. The smallest absolute Gasteiger partial charge is 0.0416 e. The summed E-state index contributed by atoms with van der Waals surface area (Å²) in [6.07, 6.45) is 5.48. The Morgan fingerprint density at radius 3 is 2.88 bits per heavy atom. The molecule has 1 aromatic rings. The maximum absolute atomic E-state index is 4.36. The number of likely N-dealkylation sites (N-methyl/N-ethyl adjacent to an activating group) is 1. The largest absolute Gasteiger partial charge is 0.317 e. The van der Waals surface area contributed by atoms with Crippen molar-refractivity contribution < 1.29 is 0 Å². The van der Waals surface area contributed by atoms with Crippen molar-refractivity contribution in [3.05, 3.63) is 30.1 Å². The van der Waals surface area contributed by atoms with Gasteiger partial charge in [-0.05, 0) is 45.1 Å². The summed E-state index contributed by atoms with van der Waals surface area (Å²) in [6, 6.07) is 6.90. The fourth-order valence-electron chi connectivity index (χ4n) is 2.27. The van der Waals surface area contributed by atoms with Crippen LogP contribution in [-0.2, 0) is 6.42 Å². The minimum absolute atomic E-state index is 0.755. The average Bonchev–Trinajstić information content (AvgIpc) is 2.38. The lowest BCUT2D eigenvalue weighted by Gasteiger charge is -2.31. The van der Waals surface area contributed by atoms with E-state index >= 15 is 0 Å². The van der Waals surface area contributed by atoms with E-state index in [0.717, 1.165) is 19.0 Å². The van der Waals surface area contributed by atoms with Gasteiger partial charge in [-0.1, -0.05) is 6.07 Å². The molecule has 16 heavy (non-hydrogen) atoms. The summed E-state index contributed by atoms with van der Waals surface area (Å²) in [7, 11) is 2.24. The number of hydrogen-bond donors (Lipinski definition) is 1. The molecule has 0 amide bonds. The quantitative estimate of drug-likeness (QED) is 0.827. The summed E-state index contributed by atoms with van der Waals surface area (Å²) in [5, 5.41) is 3.40. The van der Waals surface area contributed by atoms with E-state index < -0.39 is 0 Å². The first-order valence-electron chi connectivity index (χ1n) is 6.17. The molecule has 1 fully saturated rings. The topological polar surface area (TPSA) is 28.2 Å². The van der Waals surface area contributed by atoms with Gasteiger partial charge in [-0.15, -0.1) is 0 Å². The fourth-order valence-corrected chi connectivity index (χ4v) is 2.27. The Bertz CT molecular complexity index is 293. The summed E-state index contributed by atoms with van der Waals surface area (Å²) >= 11 is 0. The maximum Gasteiger partial charge on any atom is 0.0416 e. The van der Waals surface area contributed by atoms with Crippen LogP contribution >= 0.6 is 0 Å². The van der Waals surface area contributed by atoms with Crippen molar-refractivity contribution in [2.24, 2.45) is 0 Å². The first-order chi connectivity index (χ1) is 7.86. The summed E-state index contributed by atoms with van der Waals surface area (Å²) in [4.78, 5) is 6.84. The van der Waals surface area contributed by atoms with E-state index in [1.807, 2.05) is 12.3 Å². The van der Waals surface area contributed by atoms with E-state index in [9.17, 15) is 0 Å². The Hall–Kier alpha value is -0.930. The Morgan fingerprint density at radius 2 is 2.19 bits per heavy atom. The molecule has 0 atom stereocenters. The predicted molar refractivity (Wildman–Crippen MR) is 66.5 cm³/mol. The zero-order valence-electron chi connectivity index (χ0n) is 10.0. The minimum Gasteiger partial charge on any atom is -0.317 e. The molecule has 1 aromatic heterocycles. The van der Waals surface area contributed by atoms with Crippen molar-refractivity contribution in [2.45, 2.75) is 25.3 Å². The molecule has 88 valence electrons. The Labute approximate surface area is 97.9 Å². The van der Waals surface area contributed by atoms with Gasteiger partial charge in [0.25, 0.3) is 0 Å². The number of nitrogens with one attached hydrogen (secondary N) is 1. The van der Waals surface area contributed by atoms with Crippen LogP contribution in [0.15, 0.2) is 24.4 Å². The van der Waals surface area contributed by atoms with Crippen LogP contribution in [0.1, 0.15) is 18.5 Å². The van der Waals surface area contributed by atoms with Gasteiger partial charge in [-0.25, -0.2) is 0 Å². The molecule has 1 aliphatic heterocycles. The lowest BCUT2D eigenvalue weighted by molar-refractivity contribution is 0.201. The number of aromatic nitrogens is 1. The molecule has 3 heteroatoms. The zero-order chi connectivity index (χ0) is 11.2. The second kappa shape index (κ2) is 5.97. The first-order valence-corrected chi connectivity index (χ1v) is 6.17. The molecule has 2 rings (SSSR count). The SMILES string of the molecule is CN(CCc1ccccn1)C1CCNCC1. The van der Waals surface area contributed by atoms with E-state index in [0.29, 0.717) is 0 Å². The molecule has 0 aliphatic carbocycles. The molecule has 3 nitrogen and oxygen atoms in total. The molecule has 0 aromatic carbocycles. The summed E-state index contributed by atoms with van der Waals surface area (Å²) in [5.41, 5.74) is 1.20. The van der Waals surface area contributed by atoms with Crippen molar-refractivity contribution in [2.75, 3.05) is 26.7 Å². The number of nitrogens with zero attached hydrogens (tertiary/aromatic N) is 2. The van der Waals surface area contributed by atoms with Gasteiger partial charge in [0.1, 0.15) is 0 Å². The molecule has 0 spiro atoms. The van der Waals surface area contributed by atoms with Crippen LogP contribution < -0.4 is 5.32 Å². The van der Waals surface area contributed by atoms with Gasteiger partial charge < -0.3 is 10.2 Å². The lowest BCUT2D eigenvalue weighted by Crippen LogP contribution is -2.41. The molecule has 0 saturated carbocycles. The van der Waals surface area contributed by atoms with Gasteiger partial charge in [-0.3, -0.25) is 4.98 Å². The molecular weight excluding hydrogens is 198 g/mol. The first kappa shape index (κ1) is 11.6. The number of rotatable bonds is 4. The van der Waals surface area contributed by atoms with Crippen LogP contribution in [0.3, 0.4) is 0 Å². The van der Waals surface area contributed by atoms with Crippen molar-refractivity contribution >= 4 is 0 Å². The molecule has 1 aliphatic rings. The van der Waals surface area contributed by atoms with E-state index in [2.05, 4.69) is 34.4 Å². The average molecular weight is 219 g/mol. The van der Waals surface area contributed by atoms with Gasteiger partial charge in [0.2, 0.25) is 0 Å². The second-order valence-electron chi connectivity index (χ2n) is 4.53. The van der Waals surface area contributed by atoms with Gasteiger partial charge in [0.05, 0.1) is 0 Å². The Kier molecular flexibility index (Phi) is 4.31. The van der Waals surface area contributed by atoms with Crippen LogP contribution in [0.5, 0.6) is 0 Å². The number of pyridine rings is 1. The summed E-state index contributed by atoms with van der Waals surface area (Å²) in [5.74, 6) is 0. The standard InChI is InChI=1S/C13H21N3/c1-16(13-5-9-14-10-6-13)11-7-12-4-2-3-8-15-12/h2-4,8,13-14H,5-7,9-11H2,1H3. The van der Waals surface area contributed by atoms with Gasteiger partial charge in [-0.2, -0.15) is 0 Å². The van der Waals surface area contributed by atoms with E-state index in [1.54, 1.807) is 0 Å². The van der Waals surface area contributed by atoms with E-state index in [4.69, 9.17) is 0 Å². The molecule has 2 heterocycles. The summed E-state index contributed by atoms with van der Waals surface area (Å²) < 4.78 is 0. The highest BCUT2D eigenvalue weighted by Crippen LogP contribution is 2.10. The van der Waals surface area contributed by atoms with Gasteiger partial charge in [0.15, 0.2) is 0 Å². The molecule has 0 radical (unpaired) electrons. The van der Waals surface area contributed by atoms with Crippen LogP contribution in [0.25, 0.3) is 0 Å². The molecule has 0 bridgehead atoms. The van der Waals surface area contributed by atoms with E-state index in [1.165, 1.54) is 31.6 Å². The highest BCUT2D eigenvalue weighted by molar-refractivity contribution is 5.03.